The van der Waals surface area contributed by atoms with Crippen LogP contribution < -0.4 is 21.1 Å². The number of amides is 2. The Morgan fingerprint density at radius 1 is 1.23 bits per heavy atom. The number of nitrogens with two attached hydrogens (primary N) is 1. The van der Waals surface area contributed by atoms with Crippen molar-refractivity contribution in [3.63, 3.8) is 0 Å². The van der Waals surface area contributed by atoms with Crippen molar-refractivity contribution < 1.29 is 14.3 Å². The van der Waals surface area contributed by atoms with Gasteiger partial charge in [0, 0.05) is 10.4 Å². The van der Waals surface area contributed by atoms with Gasteiger partial charge in [-0.25, -0.2) is 0 Å². The summed E-state index contributed by atoms with van der Waals surface area (Å²) in [5.41, 5.74) is 7.84. The van der Waals surface area contributed by atoms with Crippen LogP contribution in [0.4, 0.5) is 5.00 Å². The molecule has 0 bridgehead atoms. The number of thiocarbonyl (C=S) groups is 1. The van der Waals surface area contributed by atoms with Crippen LogP contribution in [0.25, 0.3) is 0 Å². The number of ether oxygens (including phenoxy) is 1. The van der Waals surface area contributed by atoms with Crippen molar-refractivity contribution in [1.29, 1.82) is 0 Å². The molecule has 0 unspecified atom stereocenters. The summed E-state index contributed by atoms with van der Waals surface area (Å²) in [6, 6.07) is 6.72. The van der Waals surface area contributed by atoms with Crippen LogP contribution in [0.1, 0.15) is 58.3 Å². The Bertz CT molecular complexity index is 975. The third kappa shape index (κ3) is 4.82. The number of methoxy groups -OCH3 is 1. The molecule has 30 heavy (non-hydrogen) atoms. The minimum atomic E-state index is -0.478. The van der Waals surface area contributed by atoms with Crippen LogP contribution in [0.2, 0.25) is 0 Å². The van der Waals surface area contributed by atoms with Crippen molar-refractivity contribution in [3.8, 4) is 5.75 Å². The van der Waals surface area contributed by atoms with Crippen LogP contribution >= 0.6 is 23.6 Å². The summed E-state index contributed by atoms with van der Waals surface area (Å²) in [6.45, 7) is 6.73. The number of fused-ring (bicyclic) bond motifs is 1. The average molecular weight is 446 g/mol. The lowest BCUT2D eigenvalue weighted by Gasteiger charge is -2.33. The summed E-state index contributed by atoms with van der Waals surface area (Å²) in [7, 11) is 1.56. The number of rotatable bonds is 4. The Balaban J connectivity index is 1.75. The van der Waals surface area contributed by atoms with Crippen LogP contribution in [0.5, 0.6) is 5.75 Å². The molecule has 1 heterocycles. The quantitative estimate of drug-likeness (QED) is 0.615. The largest absolute Gasteiger partial charge is 0.497 e. The van der Waals surface area contributed by atoms with E-state index in [1.807, 2.05) is 0 Å². The Labute approximate surface area is 186 Å². The Morgan fingerprint density at radius 3 is 2.47 bits per heavy atom. The van der Waals surface area contributed by atoms with Gasteiger partial charge in [0.2, 0.25) is 0 Å². The van der Waals surface area contributed by atoms with E-state index in [-0.39, 0.29) is 16.4 Å². The van der Waals surface area contributed by atoms with Crippen LogP contribution in [0, 0.1) is 11.3 Å². The van der Waals surface area contributed by atoms with E-state index in [4.69, 9.17) is 22.7 Å². The van der Waals surface area contributed by atoms with Crippen molar-refractivity contribution in [3.05, 3.63) is 45.8 Å². The van der Waals surface area contributed by atoms with E-state index in [1.54, 1.807) is 31.4 Å². The summed E-state index contributed by atoms with van der Waals surface area (Å²) < 4.78 is 5.10. The fourth-order valence-electron chi connectivity index (χ4n) is 3.73. The first-order chi connectivity index (χ1) is 14.1. The molecular formula is C22H27N3O3S2. The second-order valence-corrected chi connectivity index (χ2v) is 10.0. The van der Waals surface area contributed by atoms with Gasteiger partial charge in [-0.15, -0.1) is 11.3 Å². The molecule has 4 N–H and O–H groups in total. The van der Waals surface area contributed by atoms with Gasteiger partial charge in [-0.3, -0.25) is 14.9 Å². The van der Waals surface area contributed by atoms with Gasteiger partial charge < -0.3 is 15.8 Å². The molecular weight excluding hydrogens is 418 g/mol. The van der Waals surface area contributed by atoms with Crippen molar-refractivity contribution in [2.45, 2.75) is 40.0 Å². The molecule has 8 heteroatoms. The first-order valence-corrected chi connectivity index (χ1v) is 11.0. The molecule has 0 saturated carbocycles. The molecule has 1 aliphatic rings. The Hall–Kier alpha value is -2.45. The van der Waals surface area contributed by atoms with Gasteiger partial charge in [0.1, 0.15) is 10.8 Å². The van der Waals surface area contributed by atoms with Crippen LogP contribution in [-0.4, -0.2) is 24.0 Å². The predicted octanol–water partition coefficient (Wildman–Crippen LogP) is 4.13. The number of carbonyl (C=O) groups is 2. The van der Waals surface area contributed by atoms with Crippen molar-refractivity contribution in [2.24, 2.45) is 17.1 Å². The fraction of sp³-hybridized carbons (Fsp3) is 0.409. The number of nitrogens with one attached hydrogen (secondary N) is 2. The SMILES string of the molecule is COc1ccc(C(=O)NC(=S)Nc2sc3c(c2C(N)=O)CC[C@H](C(C)(C)C)C3)cc1. The highest BCUT2D eigenvalue weighted by molar-refractivity contribution is 7.80. The topological polar surface area (TPSA) is 93.4 Å². The van der Waals surface area contributed by atoms with Gasteiger partial charge in [-0.05, 0) is 72.6 Å². The van der Waals surface area contributed by atoms with Crippen molar-refractivity contribution >= 4 is 45.5 Å². The van der Waals surface area contributed by atoms with E-state index in [9.17, 15) is 9.59 Å². The smallest absolute Gasteiger partial charge is 0.257 e. The molecule has 0 radical (unpaired) electrons. The zero-order valence-corrected chi connectivity index (χ0v) is 19.3. The number of hydrogen-bond acceptors (Lipinski definition) is 5. The van der Waals surface area contributed by atoms with Crippen molar-refractivity contribution in [2.75, 3.05) is 12.4 Å². The molecule has 0 aliphatic heterocycles. The fourth-order valence-corrected chi connectivity index (χ4v) is 5.32. The second kappa shape index (κ2) is 8.73. The number of carbonyl (C=O) groups excluding carboxylic acids is 2. The van der Waals surface area contributed by atoms with E-state index in [0.717, 1.165) is 24.8 Å². The van der Waals surface area contributed by atoms with E-state index in [2.05, 4.69) is 31.4 Å². The first-order valence-electron chi connectivity index (χ1n) is 9.81. The van der Waals surface area contributed by atoms with Gasteiger partial charge in [0.05, 0.1) is 12.7 Å². The van der Waals surface area contributed by atoms with Gasteiger partial charge in [0.25, 0.3) is 11.8 Å². The molecule has 1 aromatic heterocycles. The number of benzene rings is 1. The molecule has 1 aromatic carbocycles. The van der Waals surface area contributed by atoms with E-state index < -0.39 is 5.91 Å². The highest BCUT2D eigenvalue weighted by Gasteiger charge is 2.33. The number of anilines is 1. The Morgan fingerprint density at radius 2 is 1.90 bits per heavy atom. The summed E-state index contributed by atoms with van der Waals surface area (Å²) >= 11 is 6.82. The Kier molecular flexibility index (Phi) is 6.47. The monoisotopic (exact) mass is 445 g/mol. The highest BCUT2D eigenvalue weighted by Crippen LogP contribution is 2.44. The first kappa shape index (κ1) is 22.2. The van der Waals surface area contributed by atoms with Crippen LogP contribution in [0.15, 0.2) is 24.3 Å². The minimum absolute atomic E-state index is 0.129. The molecule has 1 aliphatic carbocycles. The highest BCUT2D eigenvalue weighted by atomic mass is 32.1. The zero-order chi connectivity index (χ0) is 22.1. The van der Waals surface area contributed by atoms with Crippen molar-refractivity contribution in [1.82, 2.24) is 5.32 Å². The summed E-state index contributed by atoms with van der Waals surface area (Å²) in [5, 5.41) is 6.40. The lowest BCUT2D eigenvalue weighted by atomic mass is 9.72. The maximum atomic E-state index is 12.4. The maximum Gasteiger partial charge on any atom is 0.257 e. The average Bonchev–Trinajstić information content (AvgIpc) is 3.04. The van der Waals surface area contributed by atoms with E-state index in [1.165, 1.54) is 16.2 Å². The molecule has 2 aromatic rings. The van der Waals surface area contributed by atoms with E-state index >= 15 is 0 Å². The molecule has 6 nitrogen and oxygen atoms in total. The van der Waals surface area contributed by atoms with Gasteiger partial charge in [0.15, 0.2) is 5.11 Å². The standard InChI is InChI=1S/C22H27N3O3S2/c1-22(2,3)13-7-10-15-16(11-13)30-20(17(15)18(23)26)25-21(29)24-19(27)12-5-8-14(28-4)9-6-12/h5-6,8-9,13H,7,10-11H2,1-4H3,(H2,23,26)(H2,24,25,27,29)/t13-/m0/s1. The summed E-state index contributed by atoms with van der Waals surface area (Å²) in [5.74, 6) is 0.383. The number of primary amides is 1. The summed E-state index contributed by atoms with van der Waals surface area (Å²) in [4.78, 5) is 25.8. The molecule has 160 valence electrons. The molecule has 0 fully saturated rings. The molecule has 2 amide bonds. The zero-order valence-electron chi connectivity index (χ0n) is 17.6. The van der Waals surface area contributed by atoms with E-state index in [0.29, 0.717) is 27.8 Å². The maximum absolute atomic E-state index is 12.4. The lowest BCUT2D eigenvalue weighted by Crippen LogP contribution is -2.34. The molecule has 1 atom stereocenters. The molecule has 0 saturated heterocycles. The van der Waals surface area contributed by atoms with Crippen LogP contribution in [-0.2, 0) is 12.8 Å². The predicted molar refractivity (Wildman–Crippen MR) is 124 cm³/mol. The van der Waals surface area contributed by atoms with Gasteiger partial charge in [-0.2, -0.15) is 0 Å². The third-order valence-electron chi connectivity index (χ3n) is 5.54. The molecule has 3 rings (SSSR count). The normalized spacial score (nSPS) is 15.8. The second-order valence-electron chi connectivity index (χ2n) is 8.51. The molecule has 0 spiro atoms. The van der Waals surface area contributed by atoms with Crippen LogP contribution in [0.3, 0.4) is 0 Å². The third-order valence-corrected chi connectivity index (χ3v) is 6.92. The number of thiophene rings is 1. The number of hydrogen-bond donors (Lipinski definition) is 3. The summed E-state index contributed by atoms with van der Waals surface area (Å²) in [6.07, 6.45) is 2.75. The van der Waals surface area contributed by atoms with Gasteiger partial charge >= 0.3 is 0 Å². The van der Waals surface area contributed by atoms with Gasteiger partial charge in [-0.1, -0.05) is 20.8 Å². The minimum Gasteiger partial charge on any atom is -0.497 e. The lowest BCUT2D eigenvalue weighted by molar-refractivity contribution is 0.0975.